The summed E-state index contributed by atoms with van der Waals surface area (Å²) < 4.78 is 27.8. The summed E-state index contributed by atoms with van der Waals surface area (Å²) in [5, 5.41) is 14.2. The molecule has 8 nitrogen and oxygen atoms in total. The van der Waals surface area contributed by atoms with Gasteiger partial charge in [-0.2, -0.15) is 4.31 Å². The maximum absolute atomic E-state index is 13.2. The van der Waals surface area contributed by atoms with Crippen LogP contribution < -0.4 is 5.32 Å². The Labute approximate surface area is 224 Å². The van der Waals surface area contributed by atoms with Gasteiger partial charge in [-0.3, -0.25) is 14.9 Å². The van der Waals surface area contributed by atoms with Crippen molar-refractivity contribution < 1.29 is 18.1 Å². The Bertz CT molecular complexity index is 1330. The number of nitrogens with zero attached hydrogens (tertiary/aromatic N) is 2. The van der Waals surface area contributed by atoms with Gasteiger partial charge >= 0.3 is 0 Å². The standard InChI is InChI=1S/C29H35N3O5S/c1-19-2-7-26(32(34)35)15-27(19)38(36,37)31-10-8-23(9-11-31)28(33)30-25-5-3-24(4-6-25)29-16-20-12-21(17-29)14-22(13-20)18-29/h2-7,15,20-23H,8-14,16-18H2,1H3,(H,30,33). The molecule has 7 rings (SSSR count). The van der Waals surface area contributed by atoms with Gasteiger partial charge in [-0.05, 0) is 105 Å². The normalized spacial score (nSPS) is 29.3. The van der Waals surface area contributed by atoms with Crippen molar-refractivity contribution in [2.45, 2.75) is 68.6 Å². The van der Waals surface area contributed by atoms with Gasteiger partial charge < -0.3 is 5.32 Å². The van der Waals surface area contributed by atoms with Crippen LogP contribution in [0.25, 0.3) is 0 Å². The molecule has 1 heterocycles. The number of hydrogen-bond acceptors (Lipinski definition) is 5. The number of rotatable bonds is 6. The minimum Gasteiger partial charge on any atom is -0.326 e. The molecule has 1 amide bonds. The molecule has 38 heavy (non-hydrogen) atoms. The number of anilines is 1. The van der Waals surface area contributed by atoms with Gasteiger partial charge in [0.05, 0.1) is 9.82 Å². The van der Waals surface area contributed by atoms with Crippen molar-refractivity contribution >= 4 is 27.3 Å². The van der Waals surface area contributed by atoms with E-state index in [0.29, 0.717) is 23.8 Å². The number of hydrogen-bond donors (Lipinski definition) is 1. The number of non-ortho nitro benzene ring substituents is 1. The second-order valence-electron chi connectivity index (χ2n) is 12.1. The lowest BCUT2D eigenvalue weighted by molar-refractivity contribution is -0.385. The highest BCUT2D eigenvalue weighted by atomic mass is 32.2. The van der Waals surface area contributed by atoms with Crippen molar-refractivity contribution in [3.05, 3.63) is 63.7 Å². The minimum absolute atomic E-state index is 0.0475. The molecule has 1 saturated heterocycles. The summed E-state index contributed by atoms with van der Waals surface area (Å²) in [5.41, 5.74) is 2.74. The summed E-state index contributed by atoms with van der Waals surface area (Å²) in [5.74, 6) is 2.29. The summed E-state index contributed by atoms with van der Waals surface area (Å²) in [7, 11) is -3.88. The van der Waals surface area contributed by atoms with E-state index in [9.17, 15) is 23.3 Å². The van der Waals surface area contributed by atoms with Crippen LogP contribution in [0.3, 0.4) is 0 Å². The molecule has 4 bridgehead atoms. The fraction of sp³-hybridized carbons (Fsp3) is 0.552. The number of benzene rings is 2. The Kier molecular flexibility index (Phi) is 6.34. The van der Waals surface area contributed by atoms with Crippen LogP contribution in [0.5, 0.6) is 0 Å². The zero-order valence-corrected chi connectivity index (χ0v) is 22.6. The summed E-state index contributed by atoms with van der Waals surface area (Å²) >= 11 is 0. The van der Waals surface area contributed by atoms with Crippen molar-refractivity contribution in [2.24, 2.45) is 23.7 Å². The lowest BCUT2D eigenvalue weighted by Gasteiger charge is -2.57. The number of sulfonamides is 1. The number of aryl methyl sites for hydroxylation is 1. The van der Waals surface area contributed by atoms with Gasteiger partial charge in [-0.1, -0.05) is 18.2 Å². The van der Waals surface area contributed by atoms with E-state index in [4.69, 9.17) is 0 Å². The molecule has 5 aliphatic rings. The third kappa shape index (κ3) is 4.53. The minimum atomic E-state index is -3.88. The first kappa shape index (κ1) is 25.5. The predicted molar refractivity (Wildman–Crippen MR) is 144 cm³/mol. The fourth-order valence-corrected chi connectivity index (χ4v) is 9.81. The van der Waals surface area contributed by atoms with Crippen molar-refractivity contribution in [1.82, 2.24) is 4.31 Å². The van der Waals surface area contributed by atoms with E-state index in [0.717, 1.165) is 29.5 Å². The van der Waals surface area contributed by atoms with Gasteiger partial charge in [0.1, 0.15) is 0 Å². The summed E-state index contributed by atoms with van der Waals surface area (Å²) in [6, 6.07) is 12.3. The average Bonchev–Trinajstić information content (AvgIpc) is 2.88. The van der Waals surface area contributed by atoms with Gasteiger partial charge in [-0.15, -0.1) is 0 Å². The van der Waals surface area contributed by atoms with Crippen LogP contribution in [-0.2, 0) is 20.2 Å². The maximum atomic E-state index is 13.2. The molecule has 0 unspecified atom stereocenters. The molecule has 5 fully saturated rings. The van der Waals surface area contributed by atoms with Crippen molar-refractivity contribution in [3.8, 4) is 0 Å². The third-order valence-corrected chi connectivity index (χ3v) is 11.7. The maximum Gasteiger partial charge on any atom is 0.270 e. The lowest BCUT2D eigenvalue weighted by atomic mass is 9.48. The molecular formula is C29H35N3O5S. The molecule has 1 N–H and O–H groups in total. The van der Waals surface area contributed by atoms with Gasteiger partial charge in [0, 0.05) is 36.8 Å². The Morgan fingerprint density at radius 2 is 1.55 bits per heavy atom. The zero-order chi connectivity index (χ0) is 26.7. The quantitative estimate of drug-likeness (QED) is 0.391. The first-order valence-electron chi connectivity index (χ1n) is 13.8. The fourth-order valence-electron chi connectivity index (χ4n) is 8.09. The number of carbonyl (C=O) groups is 1. The Hall–Kier alpha value is -2.78. The molecule has 2 aromatic rings. The molecule has 4 aliphatic carbocycles. The van der Waals surface area contributed by atoms with E-state index in [2.05, 4.69) is 17.4 Å². The molecular weight excluding hydrogens is 502 g/mol. The van der Waals surface area contributed by atoms with Crippen LogP contribution in [0.1, 0.15) is 62.5 Å². The lowest BCUT2D eigenvalue weighted by Crippen LogP contribution is -2.48. The van der Waals surface area contributed by atoms with Crippen LogP contribution in [0.4, 0.5) is 11.4 Å². The molecule has 0 radical (unpaired) electrons. The SMILES string of the molecule is Cc1ccc([N+](=O)[O-])cc1S(=O)(=O)N1CCC(C(=O)Nc2ccc(C34CC5CC(CC(C5)C3)C4)cc2)CC1. The molecule has 2 aromatic carbocycles. The molecule has 9 heteroatoms. The largest absolute Gasteiger partial charge is 0.326 e. The smallest absolute Gasteiger partial charge is 0.270 e. The van der Waals surface area contributed by atoms with Crippen molar-refractivity contribution in [3.63, 3.8) is 0 Å². The number of carbonyl (C=O) groups excluding carboxylic acids is 1. The van der Waals surface area contributed by atoms with Crippen LogP contribution in [0.15, 0.2) is 47.4 Å². The molecule has 0 spiro atoms. The summed E-state index contributed by atoms with van der Waals surface area (Å²) in [6.45, 7) is 2.03. The Morgan fingerprint density at radius 1 is 0.974 bits per heavy atom. The summed E-state index contributed by atoms with van der Waals surface area (Å²) in [6.07, 6.45) is 8.98. The van der Waals surface area contributed by atoms with Gasteiger partial charge in [0.15, 0.2) is 0 Å². The third-order valence-electron chi connectivity index (χ3n) is 9.63. The first-order chi connectivity index (χ1) is 18.1. The van der Waals surface area contributed by atoms with Crippen LogP contribution >= 0.6 is 0 Å². The van der Waals surface area contributed by atoms with E-state index in [1.54, 1.807) is 6.92 Å². The van der Waals surface area contributed by atoms with Gasteiger partial charge in [0.2, 0.25) is 15.9 Å². The number of piperidine rings is 1. The second-order valence-corrected chi connectivity index (χ2v) is 14.1. The molecule has 0 aromatic heterocycles. The van der Waals surface area contributed by atoms with E-state index < -0.39 is 14.9 Å². The van der Waals surface area contributed by atoms with Crippen LogP contribution in [0.2, 0.25) is 0 Å². The van der Waals surface area contributed by atoms with Gasteiger partial charge in [0.25, 0.3) is 5.69 Å². The second kappa shape index (κ2) is 9.45. The van der Waals surface area contributed by atoms with Crippen LogP contribution in [0, 0.1) is 40.7 Å². The topological polar surface area (TPSA) is 110 Å². The number of nitrogens with one attached hydrogen (secondary N) is 1. The average molecular weight is 538 g/mol. The number of nitro groups is 1. The number of amides is 1. The van der Waals surface area contributed by atoms with Crippen molar-refractivity contribution in [2.75, 3.05) is 18.4 Å². The Morgan fingerprint density at radius 3 is 2.11 bits per heavy atom. The summed E-state index contributed by atoms with van der Waals surface area (Å²) in [4.78, 5) is 23.5. The van der Waals surface area contributed by atoms with Gasteiger partial charge in [-0.25, -0.2) is 8.42 Å². The highest BCUT2D eigenvalue weighted by Crippen LogP contribution is 2.60. The highest BCUT2D eigenvalue weighted by Gasteiger charge is 2.51. The van der Waals surface area contributed by atoms with Crippen molar-refractivity contribution in [1.29, 1.82) is 0 Å². The molecule has 0 atom stereocenters. The predicted octanol–water partition coefficient (Wildman–Crippen LogP) is 5.41. The zero-order valence-electron chi connectivity index (χ0n) is 21.8. The first-order valence-corrected chi connectivity index (χ1v) is 15.2. The monoisotopic (exact) mass is 537 g/mol. The molecule has 202 valence electrons. The van der Waals surface area contributed by atoms with E-state index in [-0.39, 0.29) is 35.5 Å². The van der Waals surface area contributed by atoms with E-state index in [1.807, 2.05) is 12.1 Å². The number of nitro benzene ring substituents is 1. The van der Waals surface area contributed by atoms with E-state index in [1.165, 1.54) is 60.5 Å². The molecule has 4 saturated carbocycles. The molecule has 1 aliphatic heterocycles. The highest BCUT2D eigenvalue weighted by molar-refractivity contribution is 7.89. The van der Waals surface area contributed by atoms with E-state index >= 15 is 0 Å². The van der Waals surface area contributed by atoms with Crippen LogP contribution in [-0.4, -0.2) is 36.6 Å². The Balaban J connectivity index is 1.08.